The number of hydrogen-bond acceptors (Lipinski definition) is 4. The molecule has 1 aliphatic heterocycles. The molecule has 1 aromatic rings. The van der Waals surface area contributed by atoms with Crippen molar-refractivity contribution in [3.63, 3.8) is 0 Å². The Hall–Kier alpha value is -2.90. The lowest BCUT2D eigenvalue weighted by Crippen LogP contribution is -2.49. The van der Waals surface area contributed by atoms with Crippen molar-refractivity contribution in [3.05, 3.63) is 29.8 Å². The van der Waals surface area contributed by atoms with Crippen LogP contribution in [-0.4, -0.2) is 46.8 Å². The first-order chi connectivity index (χ1) is 15.4. The highest BCUT2D eigenvalue weighted by atomic mass is 16.2. The zero-order valence-electron chi connectivity index (χ0n) is 18.6. The van der Waals surface area contributed by atoms with Gasteiger partial charge in [0.2, 0.25) is 5.91 Å². The number of carbonyl (C=O) groups excluding carboxylic acids is 4. The molecule has 3 N–H and O–H groups in total. The Morgan fingerprint density at radius 3 is 2.47 bits per heavy atom. The Morgan fingerprint density at radius 1 is 1.09 bits per heavy atom. The molecule has 0 unspecified atom stereocenters. The highest BCUT2D eigenvalue weighted by molar-refractivity contribution is 6.11. The second-order valence-corrected chi connectivity index (χ2v) is 9.30. The maximum Gasteiger partial charge on any atom is 0.325 e. The highest BCUT2D eigenvalue weighted by Gasteiger charge is 2.52. The summed E-state index contributed by atoms with van der Waals surface area (Å²) in [5.74, 6) is -0.475. The molecule has 2 saturated carbocycles. The van der Waals surface area contributed by atoms with Crippen LogP contribution >= 0.6 is 0 Å². The average Bonchev–Trinajstić information content (AvgIpc) is 3.37. The second kappa shape index (κ2) is 9.30. The zero-order valence-corrected chi connectivity index (χ0v) is 18.6. The van der Waals surface area contributed by atoms with Crippen molar-refractivity contribution < 1.29 is 19.2 Å². The van der Waals surface area contributed by atoms with Gasteiger partial charge < -0.3 is 16.0 Å². The van der Waals surface area contributed by atoms with E-state index in [0.717, 1.165) is 49.8 Å². The molecular weight excluding hydrogens is 408 g/mol. The van der Waals surface area contributed by atoms with Gasteiger partial charge in [0.1, 0.15) is 12.1 Å². The van der Waals surface area contributed by atoms with Gasteiger partial charge in [0.25, 0.3) is 11.8 Å². The summed E-state index contributed by atoms with van der Waals surface area (Å²) in [5, 5.41) is 8.59. The molecule has 5 amide bonds. The topological polar surface area (TPSA) is 108 Å². The van der Waals surface area contributed by atoms with Crippen LogP contribution in [0.3, 0.4) is 0 Å². The Bertz CT molecular complexity index is 901. The smallest absolute Gasteiger partial charge is 0.325 e. The third kappa shape index (κ3) is 4.49. The summed E-state index contributed by atoms with van der Waals surface area (Å²) < 4.78 is 0. The SMILES string of the molecule is CCC1CCC2(CC1)NC(=O)N(CC(=O)Nc1ccccc1C(=O)NC1CCCC1)C2=O. The molecule has 4 rings (SSSR count). The van der Waals surface area contributed by atoms with E-state index in [2.05, 4.69) is 22.9 Å². The zero-order chi connectivity index (χ0) is 22.7. The lowest BCUT2D eigenvalue weighted by molar-refractivity contribution is -0.135. The molecule has 32 heavy (non-hydrogen) atoms. The van der Waals surface area contributed by atoms with Crippen molar-refractivity contribution in [2.75, 3.05) is 11.9 Å². The first-order valence-corrected chi connectivity index (χ1v) is 11.8. The van der Waals surface area contributed by atoms with E-state index in [1.54, 1.807) is 24.3 Å². The predicted octanol–water partition coefficient (Wildman–Crippen LogP) is 3.19. The van der Waals surface area contributed by atoms with Crippen molar-refractivity contribution >= 4 is 29.4 Å². The molecule has 1 heterocycles. The summed E-state index contributed by atoms with van der Waals surface area (Å²) in [5.41, 5.74) is -0.125. The van der Waals surface area contributed by atoms with Gasteiger partial charge in [0.05, 0.1) is 11.3 Å². The normalized spacial score (nSPS) is 25.8. The summed E-state index contributed by atoms with van der Waals surface area (Å²) in [6.07, 6.45) is 8.22. The minimum absolute atomic E-state index is 0.163. The molecule has 0 radical (unpaired) electrons. The molecule has 0 bridgehead atoms. The van der Waals surface area contributed by atoms with Crippen LogP contribution in [0, 0.1) is 5.92 Å². The first kappa shape index (κ1) is 22.3. The van der Waals surface area contributed by atoms with Gasteiger partial charge in [0, 0.05) is 6.04 Å². The Morgan fingerprint density at radius 2 is 1.78 bits per heavy atom. The highest BCUT2D eigenvalue weighted by Crippen LogP contribution is 2.37. The molecule has 2 aliphatic carbocycles. The van der Waals surface area contributed by atoms with E-state index in [4.69, 9.17) is 0 Å². The molecule has 8 nitrogen and oxygen atoms in total. The van der Waals surface area contributed by atoms with E-state index in [-0.39, 0.29) is 24.4 Å². The van der Waals surface area contributed by atoms with Gasteiger partial charge in [-0.05, 0) is 56.6 Å². The molecule has 172 valence electrons. The number of urea groups is 1. The molecule has 1 saturated heterocycles. The minimum Gasteiger partial charge on any atom is -0.349 e. The third-order valence-corrected chi connectivity index (χ3v) is 7.22. The van der Waals surface area contributed by atoms with Crippen LogP contribution in [0.15, 0.2) is 24.3 Å². The van der Waals surface area contributed by atoms with Crippen molar-refractivity contribution in [1.82, 2.24) is 15.5 Å². The number of nitrogens with one attached hydrogen (secondary N) is 3. The number of nitrogens with zero attached hydrogens (tertiary/aromatic N) is 1. The molecule has 3 aliphatic rings. The average molecular weight is 441 g/mol. The van der Waals surface area contributed by atoms with Crippen LogP contribution in [0.4, 0.5) is 10.5 Å². The molecular formula is C24H32N4O4. The monoisotopic (exact) mass is 440 g/mol. The second-order valence-electron chi connectivity index (χ2n) is 9.30. The van der Waals surface area contributed by atoms with Crippen LogP contribution < -0.4 is 16.0 Å². The van der Waals surface area contributed by atoms with E-state index < -0.39 is 17.5 Å². The van der Waals surface area contributed by atoms with Crippen LogP contribution in [-0.2, 0) is 9.59 Å². The lowest BCUT2D eigenvalue weighted by Gasteiger charge is -2.34. The van der Waals surface area contributed by atoms with E-state index in [9.17, 15) is 19.2 Å². The Labute approximate surface area is 188 Å². The number of anilines is 1. The van der Waals surface area contributed by atoms with Gasteiger partial charge in [-0.25, -0.2) is 4.79 Å². The minimum atomic E-state index is -0.873. The number of para-hydroxylation sites is 1. The standard InChI is InChI=1S/C24H32N4O4/c1-2-16-11-13-24(14-12-16)22(31)28(23(32)27-24)15-20(29)26-19-10-6-5-9-18(19)21(30)25-17-7-3-4-8-17/h5-6,9-10,16-17H,2-4,7-8,11-15H2,1H3,(H,25,30)(H,26,29)(H,27,32). The van der Waals surface area contributed by atoms with E-state index in [0.29, 0.717) is 30.0 Å². The molecule has 0 aromatic heterocycles. The number of rotatable bonds is 6. The van der Waals surface area contributed by atoms with Gasteiger partial charge >= 0.3 is 6.03 Å². The predicted molar refractivity (Wildman–Crippen MR) is 120 cm³/mol. The molecule has 1 aromatic carbocycles. The fourth-order valence-electron chi connectivity index (χ4n) is 5.19. The summed E-state index contributed by atoms with van der Waals surface area (Å²) >= 11 is 0. The number of hydrogen-bond donors (Lipinski definition) is 3. The van der Waals surface area contributed by atoms with Gasteiger partial charge in [-0.15, -0.1) is 0 Å². The number of carbonyl (C=O) groups is 4. The Balaban J connectivity index is 1.39. The van der Waals surface area contributed by atoms with Crippen LogP contribution in [0.2, 0.25) is 0 Å². The largest absolute Gasteiger partial charge is 0.349 e. The molecule has 3 fully saturated rings. The van der Waals surface area contributed by atoms with E-state index in [1.807, 2.05) is 0 Å². The molecule has 8 heteroatoms. The van der Waals surface area contributed by atoms with Gasteiger partial charge in [-0.1, -0.05) is 38.3 Å². The van der Waals surface area contributed by atoms with Crippen molar-refractivity contribution in [2.45, 2.75) is 76.3 Å². The quantitative estimate of drug-likeness (QED) is 0.591. The van der Waals surface area contributed by atoms with Gasteiger partial charge in [-0.3, -0.25) is 19.3 Å². The fraction of sp³-hybridized carbons (Fsp3) is 0.583. The Kier molecular flexibility index (Phi) is 6.48. The van der Waals surface area contributed by atoms with E-state index in [1.165, 1.54) is 0 Å². The van der Waals surface area contributed by atoms with Crippen LogP contribution in [0.5, 0.6) is 0 Å². The summed E-state index contributed by atoms with van der Waals surface area (Å²) in [6, 6.07) is 6.43. The number of imide groups is 1. The van der Waals surface area contributed by atoms with Gasteiger partial charge in [-0.2, -0.15) is 0 Å². The fourth-order valence-corrected chi connectivity index (χ4v) is 5.19. The van der Waals surface area contributed by atoms with Crippen molar-refractivity contribution in [2.24, 2.45) is 5.92 Å². The van der Waals surface area contributed by atoms with Crippen molar-refractivity contribution in [3.8, 4) is 0 Å². The van der Waals surface area contributed by atoms with E-state index >= 15 is 0 Å². The van der Waals surface area contributed by atoms with Crippen LogP contribution in [0.1, 0.15) is 75.1 Å². The number of amides is 5. The third-order valence-electron chi connectivity index (χ3n) is 7.22. The maximum atomic E-state index is 13.0. The lowest BCUT2D eigenvalue weighted by atomic mass is 9.75. The van der Waals surface area contributed by atoms with Gasteiger partial charge in [0.15, 0.2) is 0 Å². The summed E-state index contributed by atoms with van der Waals surface area (Å²) in [7, 11) is 0. The van der Waals surface area contributed by atoms with Crippen molar-refractivity contribution in [1.29, 1.82) is 0 Å². The maximum absolute atomic E-state index is 13.0. The summed E-state index contributed by atoms with van der Waals surface area (Å²) in [4.78, 5) is 52.0. The molecule has 0 atom stereocenters. The number of benzene rings is 1. The first-order valence-electron chi connectivity index (χ1n) is 11.8. The summed E-state index contributed by atoms with van der Waals surface area (Å²) in [6.45, 7) is 1.77. The molecule has 1 spiro atoms. The van der Waals surface area contributed by atoms with Crippen LogP contribution in [0.25, 0.3) is 0 Å².